The van der Waals surface area contributed by atoms with E-state index in [1.807, 2.05) is 6.20 Å². The molecule has 1 aromatic heterocycles. The summed E-state index contributed by atoms with van der Waals surface area (Å²) in [4.78, 5) is 21.6. The number of carbonyl (C=O) groups excluding carboxylic acids is 1. The highest BCUT2D eigenvalue weighted by molar-refractivity contribution is 5.76. The number of ether oxygens (including phenoxy) is 1. The number of rotatable bonds is 7. The second-order valence-electron chi connectivity index (χ2n) is 10.7. The van der Waals surface area contributed by atoms with Crippen LogP contribution in [0.2, 0.25) is 0 Å². The lowest BCUT2D eigenvalue weighted by Crippen LogP contribution is -2.49. The Kier molecular flexibility index (Phi) is 7.75. The zero-order valence-electron chi connectivity index (χ0n) is 21.1. The molecular weight excluding hydrogens is 436 g/mol. The van der Waals surface area contributed by atoms with E-state index in [9.17, 15) is 4.79 Å². The van der Waals surface area contributed by atoms with Gasteiger partial charge in [0.2, 0.25) is 11.8 Å². The number of aromatic nitrogens is 1. The van der Waals surface area contributed by atoms with Gasteiger partial charge in [-0.1, -0.05) is 30.5 Å². The Bertz CT molecular complexity index is 957. The average Bonchev–Trinajstić information content (AvgIpc) is 3.40. The molecule has 2 aliphatic carbocycles. The molecule has 0 radical (unpaired) electrons. The first-order chi connectivity index (χ1) is 17.1. The zero-order valence-corrected chi connectivity index (χ0v) is 21.1. The predicted molar refractivity (Wildman–Crippen MR) is 141 cm³/mol. The van der Waals surface area contributed by atoms with Gasteiger partial charge < -0.3 is 19.9 Å². The van der Waals surface area contributed by atoms with Crippen LogP contribution in [-0.4, -0.2) is 54.1 Å². The molecular formula is C29H40N4O2. The number of nitrogens with one attached hydrogen (secondary N) is 1. The zero-order chi connectivity index (χ0) is 24.0. The molecule has 0 unspecified atom stereocenters. The van der Waals surface area contributed by atoms with Gasteiger partial charge in [-0.3, -0.25) is 4.79 Å². The van der Waals surface area contributed by atoms with Crippen molar-refractivity contribution in [2.24, 2.45) is 5.92 Å². The van der Waals surface area contributed by atoms with Crippen molar-refractivity contribution in [3.8, 4) is 5.88 Å². The molecule has 0 bridgehead atoms. The minimum atomic E-state index is 0.221. The SMILES string of the molecule is Cc1ccc(N[C@H]2CC[C@H](Oc3cc(N4CCN(C(=O)CC5CCCC5)CC4)ccn3)CC2)cc1. The lowest BCUT2D eigenvalue weighted by molar-refractivity contribution is -0.132. The maximum absolute atomic E-state index is 12.7. The van der Waals surface area contributed by atoms with E-state index in [0.717, 1.165) is 69.9 Å². The normalized spacial score (nSPS) is 23.3. The van der Waals surface area contributed by atoms with Crippen molar-refractivity contribution < 1.29 is 9.53 Å². The minimum Gasteiger partial charge on any atom is -0.474 e. The van der Waals surface area contributed by atoms with Gasteiger partial charge in [-0.15, -0.1) is 0 Å². The van der Waals surface area contributed by atoms with E-state index >= 15 is 0 Å². The number of hydrogen-bond donors (Lipinski definition) is 1. The van der Waals surface area contributed by atoms with Crippen LogP contribution in [0, 0.1) is 12.8 Å². The molecule has 1 saturated heterocycles. The third kappa shape index (κ3) is 6.47. The Morgan fingerprint density at radius 2 is 1.69 bits per heavy atom. The molecule has 2 aromatic rings. The summed E-state index contributed by atoms with van der Waals surface area (Å²) >= 11 is 0. The quantitative estimate of drug-likeness (QED) is 0.578. The first-order valence-electron chi connectivity index (χ1n) is 13.6. The third-order valence-corrected chi connectivity index (χ3v) is 8.04. The van der Waals surface area contributed by atoms with Gasteiger partial charge in [0.15, 0.2) is 0 Å². The van der Waals surface area contributed by atoms with Crippen molar-refractivity contribution in [3.05, 3.63) is 48.2 Å². The van der Waals surface area contributed by atoms with Crippen molar-refractivity contribution in [3.63, 3.8) is 0 Å². The molecule has 3 aliphatic rings. The number of benzene rings is 1. The molecule has 2 saturated carbocycles. The highest BCUT2D eigenvalue weighted by atomic mass is 16.5. The number of nitrogens with zero attached hydrogens (tertiary/aromatic N) is 3. The molecule has 3 fully saturated rings. The van der Waals surface area contributed by atoms with Crippen molar-refractivity contribution in [2.75, 3.05) is 36.4 Å². The molecule has 5 rings (SSSR count). The number of amides is 1. The summed E-state index contributed by atoms with van der Waals surface area (Å²) in [5.41, 5.74) is 3.64. The molecule has 6 heteroatoms. The highest BCUT2D eigenvalue weighted by Crippen LogP contribution is 2.29. The van der Waals surface area contributed by atoms with E-state index in [2.05, 4.69) is 63.4 Å². The number of carbonyl (C=O) groups is 1. The van der Waals surface area contributed by atoms with Crippen LogP contribution in [0.5, 0.6) is 5.88 Å². The van der Waals surface area contributed by atoms with Gasteiger partial charge in [-0.2, -0.15) is 0 Å². The van der Waals surface area contributed by atoms with Crippen molar-refractivity contribution in [1.29, 1.82) is 0 Å². The fourth-order valence-electron chi connectivity index (χ4n) is 5.85. The van der Waals surface area contributed by atoms with Crippen LogP contribution < -0.4 is 15.0 Å². The fourth-order valence-corrected chi connectivity index (χ4v) is 5.85. The first kappa shape index (κ1) is 24.0. The van der Waals surface area contributed by atoms with Crippen LogP contribution in [0.15, 0.2) is 42.6 Å². The van der Waals surface area contributed by atoms with Crippen molar-refractivity contribution in [1.82, 2.24) is 9.88 Å². The summed E-state index contributed by atoms with van der Waals surface area (Å²) in [6, 6.07) is 13.3. The average molecular weight is 477 g/mol. The maximum atomic E-state index is 12.7. The van der Waals surface area contributed by atoms with E-state index in [1.165, 1.54) is 36.9 Å². The molecule has 188 valence electrons. The van der Waals surface area contributed by atoms with Crippen LogP contribution in [0.3, 0.4) is 0 Å². The summed E-state index contributed by atoms with van der Waals surface area (Å²) in [5, 5.41) is 3.67. The molecule has 2 heterocycles. The third-order valence-electron chi connectivity index (χ3n) is 8.04. The van der Waals surface area contributed by atoms with Crippen LogP contribution in [0.4, 0.5) is 11.4 Å². The van der Waals surface area contributed by atoms with Gasteiger partial charge in [0, 0.05) is 62.3 Å². The minimum absolute atomic E-state index is 0.221. The lowest BCUT2D eigenvalue weighted by Gasteiger charge is -2.36. The number of pyridine rings is 1. The molecule has 35 heavy (non-hydrogen) atoms. The lowest BCUT2D eigenvalue weighted by atomic mass is 9.92. The monoisotopic (exact) mass is 476 g/mol. The Hall–Kier alpha value is -2.76. The Labute approximate surface area is 210 Å². The van der Waals surface area contributed by atoms with E-state index in [1.54, 1.807) is 0 Å². The molecule has 1 aliphatic heterocycles. The molecule has 1 aromatic carbocycles. The summed E-state index contributed by atoms with van der Waals surface area (Å²) in [7, 11) is 0. The van der Waals surface area contributed by atoms with Crippen molar-refractivity contribution >= 4 is 17.3 Å². The van der Waals surface area contributed by atoms with Gasteiger partial charge >= 0.3 is 0 Å². The molecule has 6 nitrogen and oxygen atoms in total. The summed E-state index contributed by atoms with van der Waals surface area (Å²) in [6.45, 7) is 5.48. The maximum Gasteiger partial charge on any atom is 0.222 e. The Morgan fingerprint density at radius 3 is 2.40 bits per heavy atom. The summed E-state index contributed by atoms with van der Waals surface area (Å²) < 4.78 is 6.30. The van der Waals surface area contributed by atoms with Crippen LogP contribution in [0.25, 0.3) is 0 Å². The van der Waals surface area contributed by atoms with Gasteiger partial charge in [0.25, 0.3) is 0 Å². The van der Waals surface area contributed by atoms with Crippen molar-refractivity contribution in [2.45, 2.75) is 76.9 Å². The summed E-state index contributed by atoms with van der Waals surface area (Å²) in [6.07, 6.45) is 12.2. The number of piperazine rings is 1. The van der Waals surface area contributed by atoms with Gasteiger partial charge in [0.1, 0.15) is 6.10 Å². The topological polar surface area (TPSA) is 57.7 Å². The van der Waals surface area contributed by atoms with Gasteiger partial charge in [0.05, 0.1) is 0 Å². The first-order valence-corrected chi connectivity index (χ1v) is 13.6. The molecule has 1 N–H and O–H groups in total. The van der Waals surface area contributed by atoms with Crippen LogP contribution >= 0.6 is 0 Å². The molecule has 0 spiro atoms. The second-order valence-corrected chi connectivity index (χ2v) is 10.7. The largest absolute Gasteiger partial charge is 0.474 e. The predicted octanol–water partition coefficient (Wildman–Crippen LogP) is 5.42. The number of aryl methyl sites for hydroxylation is 1. The Morgan fingerprint density at radius 1 is 0.971 bits per heavy atom. The molecule has 1 amide bonds. The standard InChI is InChI=1S/C29H40N4O2/c1-22-6-8-24(9-7-22)31-25-10-12-27(13-11-25)35-28-21-26(14-15-30-28)32-16-18-33(19-17-32)29(34)20-23-4-2-3-5-23/h6-9,14-15,21,23,25,27,31H,2-5,10-13,16-20H2,1H3/t25-,27-. The van der Waals surface area contributed by atoms with E-state index in [4.69, 9.17) is 4.74 Å². The van der Waals surface area contributed by atoms with Crippen LogP contribution in [-0.2, 0) is 4.79 Å². The number of hydrogen-bond acceptors (Lipinski definition) is 5. The van der Waals surface area contributed by atoms with Crippen LogP contribution in [0.1, 0.15) is 63.4 Å². The molecule has 0 atom stereocenters. The van der Waals surface area contributed by atoms with Gasteiger partial charge in [-0.25, -0.2) is 4.98 Å². The van der Waals surface area contributed by atoms with E-state index in [0.29, 0.717) is 17.9 Å². The Balaban J connectivity index is 1.07. The van der Waals surface area contributed by atoms with E-state index in [-0.39, 0.29) is 6.10 Å². The smallest absolute Gasteiger partial charge is 0.222 e. The highest BCUT2D eigenvalue weighted by Gasteiger charge is 2.26. The summed E-state index contributed by atoms with van der Waals surface area (Å²) in [5.74, 6) is 1.69. The fraction of sp³-hybridized carbons (Fsp3) is 0.586. The second kappa shape index (κ2) is 11.3. The van der Waals surface area contributed by atoms with Gasteiger partial charge in [-0.05, 0) is 69.6 Å². The van der Waals surface area contributed by atoms with E-state index < -0.39 is 0 Å². The number of anilines is 2.